The molecule has 1 unspecified atom stereocenters. The second-order valence-electron chi connectivity index (χ2n) is 4.14. The van der Waals surface area contributed by atoms with E-state index in [9.17, 15) is 8.42 Å². The molecule has 0 spiro atoms. The lowest BCUT2D eigenvalue weighted by molar-refractivity contribution is 0.529. The van der Waals surface area contributed by atoms with E-state index in [1.54, 1.807) is 6.92 Å². The van der Waals surface area contributed by atoms with Crippen LogP contribution in [0.4, 0.5) is 0 Å². The molecule has 1 aromatic rings. The molecule has 0 aliphatic rings. The first-order valence-electron chi connectivity index (χ1n) is 5.81. The summed E-state index contributed by atoms with van der Waals surface area (Å²) in [4.78, 5) is 0. The van der Waals surface area contributed by atoms with Crippen LogP contribution in [0.15, 0.2) is 30.3 Å². The second kappa shape index (κ2) is 6.74. The summed E-state index contributed by atoms with van der Waals surface area (Å²) in [6.45, 7) is 4.64. The van der Waals surface area contributed by atoms with E-state index in [1.165, 1.54) is 5.56 Å². The molecule has 2 N–H and O–H groups in total. The predicted molar refractivity (Wildman–Crippen MR) is 69.9 cm³/mol. The first kappa shape index (κ1) is 14.2. The van der Waals surface area contributed by atoms with Crippen LogP contribution in [0.2, 0.25) is 0 Å². The van der Waals surface area contributed by atoms with E-state index < -0.39 is 10.2 Å². The Morgan fingerprint density at radius 3 is 2.41 bits per heavy atom. The predicted octanol–water partition coefficient (Wildman–Crippen LogP) is 1.31. The lowest BCUT2D eigenvalue weighted by Gasteiger charge is -2.13. The first-order chi connectivity index (χ1) is 8.03. The Hall–Kier alpha value is -0.910. The SMILES string of the molecule is CCNS(=O)(=O)NCC(C)Cc1ccccc1. The Morgan fingerprint density at radius 2 is 1.82 bits per heavy atom. The van der Waals surface area contributed by atoms with Crippen molar-refractivity contribution >= 4 is 10.2 Å². The molecule has 1 aromatic carbocycles. The summed E-state index contributed by atoms with van der Waals surface area (Å²) >= 11 is 0. The topological polar surface area (TPSA) is 58.2 Å². The van der Waals surface area contributed by atoms with Gasteiger partial charge in [-0.2, -0.15) is 8.42 Å². The molecule has 0 fully saturated rings. The normalized spacial score (nSPS) is 13.5. The van der Waals surface area contributed by atoms with Gasteiger partial charge in [0.05, 0.1) is 0 Å². The van der Waals surface area contributed by atoms with Gasteiger partial charge in [-0.25, -0.2) is 9.44 Å². The van der Waals surface area contributed by atoms with Gasteiger partial charge in [-0.3, -0.25) is 0 Å². The Labute approximate surface area is 104 Å². The molecule has 1 atom stereocenters. The first-order valence-corrected chi connectivity index (χ1v) is 7.30. The maximum atomic E-state index is 11.4. The highest BCUT2D eigenvalue weighted by atomic mass is 32.2. The molecule has 0 amide bonds. The molecular weight excluding hydrogens is 236 g/mol. The van der Waals surface area contributed by atoms with Crippen molar-refractivity contribution in [2.45, 2.75) is 20.3 Å². The Morgan fingerprint density at radius 1 is 1.18 bits per heavy atom. The lowest BCUT2D eigenvalue weighted by Crippen LogP contribution is -2.38. The van der Waals surface area contributed by atoms with Crippen LogP contribution in [-0.2, 0) is 16.6 Å². The van der Waals surface area contributed by atoms with Crippen LogP contribution in [0.25, 0.3) is 0 Å². The molecule has 0 heterocycles. The van der Waals surface area contributed by atoms with E-state index in [-0.39, 0.29) is 5.92 Å². The van der Waals surface area contributed by atoms with E-state index in [2.05, 4.69) is 21.6 Å². The maximum absolute atomic E-state index is 11.4. The van der Waals surface area contributed by atoms with E-state index in [1.807, 2.05) is 25.1 Å². The fourth-order valence-electron chi connectivity index (χ4n) is 1.58. The van der Waals surface area contributed by atoms with Gasteiger partial charge in [0, 0.05) is 13.1 Å². The molecule has 0 aliphatic heterocycles. The van der Waals surface area contributed by atoms with Gasteiger partial charge in [0.2, 0.25) is 0 Å². The molecule has 4 nitrogen and oxygen atoms in total. The summed E-state index contributed by atoms with van der Waals surface area (Å²) in [6.07, 6.45) is 0.871. The van der Waals surface area contributed by atoms with Crippen molar-refractivity contribution in [2.75, 3.05) is 13.1 Å². The number of benzene rings is 1. The Kier molecular flexibility index (Phi) is 5.61. The van der Waals surface area contributed by atoms with Crippen LogP contribution >= 0.6 is 0 Å². The standard InChI is InChI=1S/C12H20N2O2S/c1-3-13-17(15,16)14-10-11(2)9-12-7-5-4-6-8-12/h4-8,11,13-14H,3,9-10H2,1-2H3. The molecule has 0 bridgehead atoms. The van der Waals surface area contributed by atoms with Crippen LogP contribution in [0, 0.1) is 5.92 Å². The van der Waals surface area contributed by atoms with Crippen molar-refractivity contribution in [3.8, 4) is 0 Å². The minimum atomic E-state index is -3.32. The smallest absolute Gasteiger partial charge is 0.203 e. The van der Waals surface area contributed by atoms with Crippen molar-refractivity contribution in [1.82, 2.24) is 9.44 Å². The summed E-state index contributed by atoms with van der Waals surface area (Å²) < 4.78 is 27.7. The summed E-state index contributed by atoms with van der Waals surface area (Å²) in [5.41, 5.74) is 1.22. The van der Waals surface area contributed by atoms with Crippen molar-refractivity contribution in [3.05, 3.63) is 35.9 Å². The zero-order chi connectivity index (χ0) is 12.7. The second-order valence-corrected chi connectivity index (χ2v) is 5.73. The summed E-state index contributed by atoms with van der Waals surface area (Å²) in [5, 5.41) is 0. The molecule has 0 radical (unpaired) electrons. The van der Waals surface area contributed by atoms with Gasteiger partial charge in [0.15, 0.2) is 0 Å². The highest BCUT2D eigenvalue weighted by Gasteiger charge is 2.10. The fourth-order valence-corrected chi connectivity index (χ4v) is 2.57. The minimum absolute atomic E-state index is 0.269. The van der Waals surface area contributed by atoms with Crippen molar-refractivity contribution < 1.29 is 8.42 Å². The largest absolute Gasteiger partial charge is 0.276 e. The summed E-state index contributed by atoms with van der Waals surface area (Å²) in [6, 6.07) is 10.1. The van der Waals surface area contributed by atoms with E-state index in [0.717, 1.165) is 6.42 Å². The number of hydrogen-bond donors (Lipinski definition) is 2. The van der Waals surface area contributed by atoms with Gasteiger partial charge in [-0.1, -0.05) is 44.2 Å². The van der Waals surface area contributed by atoms with Crippen LogP contribution in [0.3, 0.4) is 0 Å². The van der Waals surface area contributed by atoms with Crippen LogP contribution < -0.4 is 9.44 Å². The Bertz CT molecular complexity index is 417. The van der Waals surface area contributed by atoms with Gasteiger partial charge in [0.1, 0.15) is 0 Å². The van der Waals surface area contributed by atoms with E-state index >= 15 is 0 Å². The van der Waals surface area contributed by atoms with Gasteiger partial charge in [-0.05, 0) is 17.9 Å². The third-order valence-corrected chi connectivity index (χ3v) is 3.60. The molecule has 0 saturated carbocycles. The quantitative estimate of drug-likeness (QED) is 0.773. The van der Waals surface area contributed by atoms with Crippen molar-refractivity contribution in [1.29, 1.82) is 0 Å². The maximum Gasteiger partial charge on any atom is 0.276 e. The van der Waals surface area contributed by atoms with Gasteiger partial charge in [-0.15, -0.1) is 0 Å². The molecule has 0 aliphatic carbocycles. The number of rotatable bonds is 7. The van der Waals surface area contributed by atoms with Crippen LogP contribution in [0.5, 0.6) is 0 Å². The average molecular weight is 256 g/mol. The highest BCUT2D eigenvalue weighted by Crippen LogP contribution is 2.07. The average Bonchev–Trinajstić information content (AvgIpc) is 2.28. The zero-order valence-electron chi connectivity index (χ0n) is 10.3. The van der Waals surface area contributed by atoms with E-state index in [4.69, 9.17) is 0 Å². The van der Waals surface area contributed by atoms with Crippen LogP contribution in [0.1, 0.15) is 19.4 Å². The fraction of sp³-hybridized carbons (Fsp3) is 0.500. The van der Waals surface area contributed by atoms with Crippen molar-refractivity contribution in [3.63, 3.8) is 0 Å². The zero-order valence-corrected chi connectivity index (χ0v) is 11.1. The minimum Gasteiger partial charge on any atom is -0.203 e. The lowest BCUT2D eigenvalue weighted by atomic mass is 10.0. The van der Waals surface area contributed by atoms with E-state index in [0.29, 0.717) is 13.1 Å². The number of nitrogens with one attached hydrogen (secondary N) is 2. The number of hydrogen-bond acceptors (Lipinski definition) is 2. The monoisotopic (exact) mass is 256 g/mol. The van der Waals surface area contributed by atoms with Gasteiger partial charge in [0.25, 0.3) is 10.2 Å². The summed E-state index contributed by atoms with van der Waals surface area (Å²) in [5.74, 6) is 0.269. The molecular formula is C12H20N2O2S. The molecule has 0 saturated heterocycles. The molecule has 5 heteroatoms. The molecule has 1 rings (SSSR count). The van der Waals surface area contributed by atoms with Gasteiger partial charge < -0.3 is 0 Å². The van der Waals surface area contributed by atoms with Gasteiger partial charge >= 0.3 is 0 Å². The molecule has 17 heavy (non-hydrogen) atoms. The third-order valence-electron chi connectivity index (χ3n) is 2.38. The summed E-state index contributed by atoms with van der Waals surface area (Å²) in [7, 11) is -3.32. The van der Waals surface area contributed by atoms with Crippen molar-refractivity contribution in [2.24, 2.45) is 5.92 Å². The molecule has 96 valence electrons. The third kappa shape index (κ3) is 5.81. The van der Waals surface area contributed by atoms with Crippen LogP contribution in [-0.4, -0.2) is 21.5 Å². The molecule has 0 aromatic heterocycles. The highest BCUT2D eigenvalue weighted by molar-refractivity contribution is 7.87. The Balaban J connectivity index is 2.38.